The summed E-state index contributed by atoms with van der Waals surface area (Å²) >= 11 is 0. The highest BCUT2D eigenvalue weighted by Crippen LogP contribution is 2.69. The van der Waals surface area contributed by atoms with Gasteiger partial charge in [0.25, 0.3) is 0 Å². The molecule has 0 radical (unpaired) electrons. The maximum absolute atomic E-state index is 14.4. The highest BCUT2D eigenvalue weighted by Gasteiger charge is 2.77. The fraction of sp³-hybridized carbons (Fsp3) is 0.424. The number of aryl methyl sites for hydroxylation is 4. The lowest BCUT2D eigenvalue weighted by Crippen LogP contribution is -2.61. The first kappa shape index (κ1) is 27.1. The normalized spacial score (nSPS) is 30.4. The fourth-order valence-corrected chi connectivity index (χ4v) is 8.40. The van der Waals surface area contributed by atoms with Gasteiger partial charge in [-0.15, -0.1) is 0 Å². The zero-order chi connectivity index (χ0) is 29.7. The van der Waals surface area contributed by atoms with E-state index in [2.05, 4.69) is 0 Å². The highest BCUT2D eigenvalue weighted by atomic mass is 16.5. The number of nitrogens with zero attached hydrogens (tertiary/aromatic N) is 2. The molecule has 0 N–H and O–H groups in total. The van der Waals surface area contributed by atoms with Crippen LogP contribution < -0.4 is 9.80 Å². The SMILES string of the molecule is CCOC(=O)C1=C(C)C2[C@H]3C(=O)N(c4ccc(C)cc4C)C(=O)[C@H]3C1(C)[C@H]1C(=O)N(c3ccc(C)cc3C)C(=O)[C@@H]21. The van der Waals surface area contributed by atoms with Crippen molar-refractivity contribution < 1.29 is 28.7 Å². The van der Waals surface area contributed by atoms with Crippen molar-refractivity contribution in [3.63, 3.8) is 0 Å². The molecule has 6 atom stereocenters. The molecule has 41 heavy (non-hydrogen) atoms. The van der Waals surface area contributed by atoms with Crippen LogP contribution in [0.15, 0.2) is 47.5 Å². The summed E-state index contributed by atoms with van der Waals surface area (Å²) in [7, 11) is 0. The molecule has 2 bridgehead atoms. The van der Waals surface area contributed by atoms with Crippen LogP contribution in [0.5, 0.6) is 0 Å². The van der Waals surface area contributed by atoms with Crippen molar-refractivity contribution in [3.8, 4) is 0 Å². The molecule has 212 valence electrons. The summed E-state index contributed by atoms with van der Waals surface area (Å²) in [6, 6.07) is 11.0. The van der Waals surface area contributed by atoms with Gasteiger partial charge in [-0.1, -0.05) is 47.9 Å². The van der Waals surface area contributed by atoms with Crippen LogP contribution in [0, 0.1) is 62.7 Å². The molecule has 2 unspecified atom stereocenters. The van der Waals surface area contributed by atoms with Crippen LogP contribution in [-0.4, -0.2) is 36.2 Å². The lowest BCUT2D eigenvalue weighted by Gasteiger charge is -2.55. The molecule has 8 heteroatoms. The third-order valence-corrected chi connectivity index (χ3v) is 9.87. The second-order valence-corrected chi connectivity index (χ2v) is 12.2. The summed E-state index contributed by atoms with van der Waals surface area (Å²) in [5, 5.41) is 0. The smallest absolute Gasteiger partial charge is 0.334 e. The van der Waals surface area contributed by atoms with E-state index in [1.165, 1.54) is 9.80 Å². The van der Waals surface area contributed by atoms with Crippen molar-refractivity contribution in [2.75, 3.05) is 16.4 Å². The number of benzene rings is 2. The fourth-order valence-electron chi connectivity index (χ4n) is 8.40. The van der Waals surface area contributed by atoms with Crippen molar-refractivity contribution in [1.82, 2.24) is 0 Å². The van der Waals surface area contributed by atoms with Crippen molar-refractivity contribution >= 4 is 41.0 Å². The van der Waals surface area contributed by atoms with E-state index < -0.39 is 64.6 Å². The Bertz CT molecular complexity index is 1520. The third-order valence-electron chi connectivity index (χ3n) is 9.87. The van der Waals surface area contributed by atoms with E-state index in [4.69, 9.17) is 4.74 Å². The minimum absolute atomic E-state index is 0.113. The molecule has 2 heterocycles. The maximum Gasteiger partial charge on any atom is 0.334 e. The van der Waals surface area contributed by atoms with Crippen LogP contribution in [0.1, 0.15) is 43.0 Å². The molecule has 0 aromatic heterocycles. The Kier molecular flexibility index (Phi) is 5.93. The van der Waals surface area contributed by atoms with Gasteiger partial charge in [-0.25, -0.2) is 14.6 Å². The molecule has 3 fully saturated rings. The minimum Gasteiger partial charge on any atom is -0.463 e. The first-order valence-corrected chi connectivity index (χ1v) is 14.1. The lowest BCUT2D eigenvalue weighted by molar-refractivity contribution is -0.155. The summed E-state index contributed by atoms with van der Waals surface area (Å²) in [5.41, 5.74) is 3.89. The molecular weight excluding hydrogens is 520 g/mol. The molecule has 2 saturated heterocycles. The van der Waals surface area contributed by atoms with E-state index in [1.807, 2.05) is 52.0 Å². The Morgan fingerprint density at radius 2 is 1.17 bits per heavy atom. The Morgan fingerprint density at radius 1 is 0.732 bits per heavy atom. The van der Waals surface area contributed by atoms with Crippen molar-refractivity contribution in [2.24, 2.45) is 35.0 Å². The van der Waals surface area contributed by atoms with Gasteiger partial charge in [0.2, 0.25) is 23.6 Å². The second-order valence-electron chi connectivity index (χ2n) is 12.2. The number of allylic oxidation sites excluding steroid dienone is 1. The molecule has 3 aliphatic carbocycles. The predicted molar refractivity (Wildman–Crippen MR) is 152 cm³/mol. The van der Waals surface area contributed by atoms with Gasteiger partial charge in [-0.05, 0) is 64.8 Å². The predicted octanol–water partition coefficient (Wildman–Crippen LogP) is 4.36. The number of ether oxygens (including phenoxy) is 1. The summed E-state index contributed by atoms with van der Waals surface area (Å²) in [6.07, 6.45) is 0. The number of amides is 4. The number of carbonyl (C=O) groups is 5. The van der Waals surface area contributed by atoms with Crippen molar-refractivity contribution in [1.29, 1.82) is 0 Å². The molecular formula is C33H34N2O6. The van der Waals surface area contributed by atoms with E-state index in [1.54, 1.807) is 32.9 Å². The number of carbonyl (C=O) groups excluding carboxylic acids is 5. The number of esters is 1. The largest absolute Gasteiger partial charge is 0.463 e. The van der Waals surface area contributed by atoms with Crippen LogP contribution in [0.4, 0.5) is 11.4 Å². The molecule has 0 spiro atoms. The number of hydrogen-bond donors (Lipinski definition) is 0. The van der Waals surface area contributed by atoms with E-state index in [0.29, 0.717) is 16.9 Å². The minimum atomic E-state index is -1.42. The Balaban J connectivity index is 1.55. The zero-order valence-electron chi connectivity index (χ0n) is 24.4. The van der Waals surface area contributed by atoms with Crippen LogP contribution in [0.2, 0.25) is 0 Å². The molecule has 8 nitrogen and oxygen atoms in total. The third kappa shape index (κ3) is 3.36. The standard InChI is InChI=1S/C33H34N2O6/c1-8-41-32(40)25-19(6)22-23-26(30(38)34(28(23)36)20-11-9-15(2)13-17(20)4)33(25,7)27-24(22)29(37)35(31(27)39)21-12-10-16(3)14-18(21)5/h9-14,22-24,26-27H,8H2,1-7H3/t22?,23-,24+,26+,27-,33?. The van der Waals surface area contributed by atoms with Gasteiger partial charge >= 0.3 is 5.97 Å². The summed E-state index contributed by atoms with van der Waals surface area (Å²) in [4.78, 5) is 73.2. The van der Waals surface area contributed by atoms with Crippen LogP contribution in [0.3, 0.4) is 0 Å². The van der Waals surface area contributed by atoms with Gasteiger partial charge < -0.3 is 4.74 Å². The summed E-state index contributed by atoms with van der Waals surface area (Å²) in [5.74, 6) is -6.79. The lowest BCUT2D eigenvalue weighted by atomic mass is 9.43. The molecule has 7 rings (SSSR count). The molecule has 1 saturated carbocycles. The van der Waals surface area contributed by atoms with E-state index in [0.717, 1.165) is 22.3 Å². The maximum atomic E-state index is 14.4. The monoisotopic (exact) mass is 554 g/mol. The number of rotatable bonds is 4. The highest BCUT2D eigenvalue weighted by molar-refractivity contribution is 6.28. The average molecular weight is 555 g/mol. The van der Waals surface area contributed by atoms with Gasteiger partial charge in [0.1, 0.15) is 0 Å². The zero-order valence-corrected chi connectivity index (χ0v) is 24.4. The number of anilines is 2. The van der Waals surface area contributed by atoms with Gasteiger partial charge in [-0.3, -0.25) is 19.2 Å². The summed E-state index contributed by atoms with van der Waals surface area (Å²) < 4.78 is 5.46. The Morgan fingerprint density at radius 3 is 1.56 bits per heavy atom. The quantitative estimate of drug-likeness (QED) is 0.411. The van der Waals surface area contributed by atoms with Crippen LogP contribution in [-0.2, 0) is 28.7 Å². The van der Waals surface area contributed by atoms with Gasteiger partial charge in [0, 0.05) is 16.9 Å². The average Bonchev–Trinajstić information content (AvgIpc) is 3.31. The van der Waals surface area contributed by atoms with Gasteiger partial charge in [0.05, 0.1) is 41.7 Å². The van der Waals surface area contributed by atoms with Gasteiger partial charge in [0.15, 0.2) is 0 Å². The summed E-state index contributed by atoms with van der Waals surface area (Å²) in [6.45, 7) is 12.8. The topological polar surface area (TPSA) is 101 Å². The van der Waals surface area contributed by atoms with Gasteiger partial charge in [-0.2, -0.15) is 0 Å². The van der Waals surface area contributed by atoms with Crippen LogP contribution in [0.25, 0.3) is 0 Å². The van der Waals surface area contributed by atoms with Crippen molar-refractivity contribution in [2.45, 2.75) is 48.5 Å². The second kappa shape index (κ2) is 8.96. The Hall–Kier alpha value is -4.07. The molecule has 4 amide bonds. The number of imide groups is 2. The number of hydrogen-bond acceptors (Lipinski definition) is 6. The van der Waals surface area contributed by atoms with E-state index in [-0.39, 0.29) is 12.2 Å². The van der Waals surface area contributed by atoms with E-state index in [9.17, 15) is 24.0 Å². The first-order valence-electron chi connectivity index (χ1n) is 14.1. The molecule has 2 aliphatic heterocycles. The van der Waals surface area contributed by atoms with E-state index >= 15 is 0 Å². The van der Waals surface area contributed by atoms with Crippen molar-refractivity contribution in [3.05, 3.63) is 69.8 Å². The molecule has 2 aromatic rings. The Labute approximate surface area is 239 Å². The molecule has 2 aromatic carbocycles. The molecule has 5 aliphatic rings. The van der Waals surface area contributed by atoms with Crippen LogP contribution >= 0.6 is 0 Å². The first-order chi connectivity index (χ1) is 19.4.